The van der Waals surface area contributed by atoms with Gasteiger partial charge in [-0.15, -0.1) is 0 Å². The SMILES string of the molecule is O=C(O)[C@H]1CCCN(c2cc(C3=NCc4ccccc43)ccn2)C1. The third-order valence-corrected chi connectivity index (χ3v) is 4.79. The molecule has 1 aromatic heterocycles. The molecular formula is C19H19N3O2. The fourth-order valence-electron chi connectivity index (χ4n) is 3.51. The van der Waals surface area contributed by atoms with Gasteiger partial charge in [-0.2, -0.15) is 0 Å². The van der Waals surface area contributed by atoms with E-state index in [0.29, 0.717) is 13.1 Å². The Kier molecular flexibility index (Phi) is 3.76. The lowest BCUT2D eigenvalue weighted by Gasteiger charge is -2.31. The zero-order valence-electron chi connectivity index (χ0n) is 13.4. The van der Waals surface area contributed by atoms with Gasteiger partial charge in [-0.05, 0) is 30.5 Å². The fourth-order valence-corrected chi connectivity index (χ4v) is 3.51. The van der Waals surface area contributed by atoms with Gasteiger partial charge in [0.2, 0.25) is 0 Å². The molecular weight excluding hydrogens is 302 g/mol. The maximum absolute atomic E-state index is 11.3. The van der Waals surface area contributed by atoms with Gasteiger partial charge in [0.1, 0.15) is 5.82 Å². The van der Waals surface area contributed by atoms with Crippen LogP contribution in [-0.4, -0.2) is 34.9 Å². The number of piperidine rings is 1. The van der Waals surface area contributed by atoms with E-state index in [1.54, 1.807) is 6.20 Å². The minimum absolute atomic E-state index is 0.311. The number of aromatic nitrogens is 1. The van der Waals surface area contributed by atoms with Crippen LogP contribution >= 0.6 is 0 Å². The number of fused-ring (bicyclic) bond motifs is 1. The molecule has 1 saturated heterocycles. The summed E-state index contributed by atoms with van der Waals surface area (Å²) in [6.07, 6.45) is 3.41. The quantitative estimate of drug-likeness (QED) is 0.944. The van der Waals surface area contributed by atoms with Gasteiger partial charge in [0.05, 0.1) is 18.2 Å². The summed E-state index contributed by atoms with van der Waals surface area (Å²) < 4.78 is 0. The Labute approximate surface area is 140 Å². The first-order valence-electron chi connectivity index (χ1n) is 8.29. The van der Waals surface area contributed by atoms with Crippen LogP contribution in [0.1, 0.15) is 29.5 Å². The van der Waals surface area contributed by atoms with Crippen LogP contribution < -0.4 is 4.90 Å². The lowest BCUT2D eigenvalue weighted by molar-refractivity contribution is -0.141. The Balaban J connectivity index is 1.62. The number of anilines is 1. The van der Waals surface area contributed by atoms with Crippen molar-refractivity contribution in [2.75, 3.05) is 18.0 Å². The van der Waals surface area contributed by atoms with E-state index in [1.165, 1.54) is 11.1 Å². The maximum atomic E-state index is 11.3. The lowest BCUT2D eigenvalue weighted by Crippen LogP contribution is -2.39. The summed E-state index contributed by atoms with van der Waals surface area (Å²) >= 11 is 0. The van der Waals surface area contributed by atoms with Crippen molar-refractivity contribution in [3.63, 3.8) is 0 Å². The Morgan fingerprint density at radius 3 is 3.00 bits per heavy atom. The zero-order valence-corrected chi connectivity index (χ0v) is 13.4. The number of aliphatic carboxylic acids is 1. The van der Waals surface area contributed by atoms with Crippen molar-refractivity contribution in [2.45, 2.75) is 19.4 Å². The number of hydrogen-bond donors (Lipinski definition) is 1. The fraction of sp³-hybridized carbons (Fsp3) is 0.316. The molecule has 0 bridgehead atoms. The molecule has 1 N–H and O–H groups in total. The van der Waals surface area contributed by atoms with E-state index < -0.39 is 5.97 Å². The van der Waals surface area contributed by atoms with E-state index >= 15 is 0 Å². The van der Waals surface area contributed by atoms with E-state index in [9.17, 15) is 9.90 Å². The van der Waals surface area contributed by atoms with E-state index in [-0.39, 0.29) is 5.92 Å². The minimum atomic E-state index is -0.718. The molecule has 3 heterocycles. The van der Waals surface area contributed by atoms with Gasteiger partial charge in [0.15, 0.2) is 0 Å². The molecule has 2 aliphatic rings. The van der Waals surface area contributed by atoms with Crippen molar-refractivity contribution in [1.29, 1.82) is 0 Å². The van der Waals surface area contributed by atoms with Crippen LogP contribution in [0.3, 0.4) is 0 Å². The lowest BCUT2D eigenvalue weighted by atomic mass is 9.97. The summed E-state index contributed by atoms with van der Waals surface area (Å²) in [6, 6.07) is 12.3. The smallest absolute Gasteiger partial charge is 0.308 e. The molecule has 1 fully saturated rings. The monoisotopic (exact) mass is 321 g/mol. The second-order valence-corrected chi connectivity index (χ2v) is 6.35. The molecule has 2 aromatic rings. The van der Waals surface area contributed by atoms with Crippen LogP contribution in [0.4, 0.5) is 5.82 Å². The van der Waals surface area contributed by atoms with Gasteiger partial charge < -0.3 is 10.0 Å². The molecule has 5 heteroatoms. The van der Waals surface area contributed by atoms with E-state index in [2.05, 4.69) is 27.0 Å². The maximum Gasteiger partial charge on any atom is 0.308 e. The first-order valence-corrected chi connectivity index (χ1v) is 8.29. The Bertz CT molecular complexity index is 816. The van der Waals surface area contributed by atoms with Gasteiger partial charge in [0, 0.05) is 30.4 Å². The molecule has 0 spiro atoms. The third kappa shape index (κ3) is 2.66. The molecule has 4 rings (SSSR count). The molecule has 122 valence electrons. The van der Waals surface area contributed by atoms with Gasteiger partial charge in [0.25, 0.3) is 0 Å². The average molecular weight is 321 g/mol. The largest absolute Gasteiger partial charge is 0.481 e. The molecule has 0 amide bonds. The van der Waals surface area contributed by atoms with Crippen molar-refractivity contribution in [3.8, 4) is 0 Å². The molecule has 0 radical (unpaired) electrons. The zero-order chi connectivity index (χ0) is 16.5. The van der Waals surface area contributed by atoms with Crippen LogP contribution in [0.15, 0.2) is 47.6 Å². The molecule has 0 saturated carbocycles. The van der Waals surface area contributed by atoms with Crippen LogP contribution in [0.2, 0.25) is 0 Å². The predicted molar refractivity (Wildman–Crippen MR) is 92.6 cm³/mol. The van der Waals surface area contributed by atoms with Crippen molar-refractivity contribution in [2.24, 2.45) is 10.9 Å². The van der Waals surface area contributed by atoms with E-state index in [0.717, 1.165) is 36.5 Å². The Morgan fingerprint density at radius 2 is 2.12 bits per heavy atom. The number of rotatable bonds is 3. The third-order valence-electron chi connectivity index (χ3n) is 4.79. The molecule has 24 heavy (non-hydrogen) atoms. The second-order valence-electron chi connectivity index (χ2n) is 6.35. The molecule has 1 atom stereocenters. The highest BCUT2D eigenvalue weighted by Crippen LogP contribution is 2.26. The van der Waals surface area contributed by atoms with Gasteiger partial charge in [-0.3, -0.25) is 9.79 Å². The molecule has 0 unspecified atom stereocenters. The van der Waals surface area contributed by atoms with Crippen LogP contribution in [0, 0.1) is 5.92 Å². The number of benzene rings is 1. The van der Waals surface area contributed by atoms with Crippen molar-refractivity contribution in [3.05, 3.63) is 59.3 Å². The highest BCUT2D eigenvalue weighted by Gasteiger charge is 2.26. The van der Waals surface area contributed by atoms with Crippen LogP contribution in [0.25, 0.3) is 0 Å². The number of carbonyl (C=O) groups is 1. The van der Waals surface area contributed by atoms with Crippen molar-refractivity contribution >= 4 is 17.5 Å². The number of nitrogens with zero attached hydrogens (tertiary/aromatic N) is 3. The van der Waals surface area contributed by atoms with E-state index in [1.807, 2.05) is 24.3 Å². The summed E-state index contributed by atoms with van der Waals surface area (Å²) in [6.45, 7) is 2.09. The van der Waals surface area contributed by atoms with E-state index in [4.69, 9.17) is 0 Å². The van der Waals surface area contributed by atoms with Gasteiger partial charge >= 0.3 is 5.97 Å². The van der Waals surface area contributed by atoms with Crippen LogP contribution in [0.5, 0.6) is 0 Å². The summed E-state index contributed by atoms with van der Waals surface area (Å²) in [4.78, 5) is 22.5. The Morgan fingerprint density at radius 1 is 1.25 bits per heavy atom. The first-order chi connectivity index (χ1) is 11.7. The normalized spacial score (nSPS) is 19.8. The summed E-state index contributed by atoms with van der Waals surface area (Å²) in [5.41, 5.74) is 4.47. The number of hydrogen-bond acceptors (Lipinski definition) is 4. The second kappa shape index (κ2) is 6.07. The Hall–Kier alpha value is -2.69. The number of pyridine rings is 1. The standard InChI is InChI=1S/C19H19N3O2/c23-19(24)15-5-3-9-22(12-15)17-10-13(7-8-20-17)18-16-6-2-1-4-14(16)11-21-18/h1-2,4,6-8,10,15H,3,5,9,11-12H2,(H,23,24)/t15-/m0/s1. The van der Waals surface area contributed by atoms with Gasteiger partial charge in [-0.1, -0.05) is 24.3 Å². The summed E-state index contributed by atoms with van der Waals surface area (Å²) in [7, 11) is 0. The molecule has 2 aliphatic heterocycles. The molecule has 0 aliphatic carbocycles. The van der Waals surface area contributed by atoms with Crippen molar-refractivity contribution < 1.29 is 9.90 Å². The number of carboxylic acids is 1. The number of aliphatic imine (C=N–C) groups is 1. The average Bonchev–Trinajstić information content (AvgIpc) is 3.06. The van der Waals surface area contributed by atoms with Gasteiger partial charge in [-0.25, -0.2) is 4.98 Å². The predicted octanol–water partition coefficient (Wildman–Crippen LogP) is 2.73. The minimum Gasteiger partial charge on any atom is -0.481 e. The first kappa shape index (κ1) is 14.9. The van der Waals surface area contributed by atoms with Crippen LogP contribution in [-0.2, 0) is 11.3 Å². The number of carboxylic acid groups (broad SMARTS) is 1. The van der Waals surface area contributed by atoms with Crippen molar-refractivity contribution in [1.82, 2.24) is 4.98 Å². The molecule has 5 nitrogen and oxygen atoms in total. The molecule has 1 aromatic carbocycles. The summed E-state index contributed by atoms with van der Waals surface area (Å²) in [5.74, 6) is -0.191. The summed E-state index contributed by atoms with van der Waals surface area (Å²) in [5, 5.41) is 9.27. The topological polar surface area (TPSA) is 65.8 Å². The highest BCUT2D eigenvalue weighted by molar-refractivity contribution is 6.15. The highest BCUT2D eigenvalue weighted by atomic mass is 16.4.